The van der Waals surface area contributed by atoms with Crippen LogP contribution in [-0.2, 0) is 16.1 Å². The normalized spacial score (nSPS) is 10.3. The van der Waals surface area contributed by atoms with Crippen LogP contribution < -0.4 is 5.32 Å². The SMILES string of the molecule is COC(=O)c1c(NC(=O)OCc2ccccc2)ccc2nccnc12. The number of amides is 1. The summed E-state index contributed by atoms with van der Waals surface area (Å²) in [6.45, 7) is 0.119. The fraction of sp³-hybridized carbons (Fsp3) is 0.111. The van der Waals surface area contributed by atoms with Gasteiger partial charge in [-0.05, 0) is 17.7 Å². The lowest BCUT2D eigenvalue weighted by Crippen LogP contribution is -2.17. The Labute approximate surface area is 143 Å². The molecule has 0 spiro atoms. The molecule has 0 aliphatic rings. The van der Waals surface area contributed by atoms with Crippen molar-refractivity contribution in [2.24, 2.45) is 0 Å². The Balaban J connectivity index is 1.83. The van der Waals surface area contributed by atoms with Gasteiger partial charge in [0.1, 0.15) is 17.7 Å². The summed E-state index contributed by atoms with van der Waals surface area (Å²) in [6, 6.07) is 12.5. The van der Waals surface area contributed by atoms with Crippen molar-refractivity contribution in [2.45, 2.75) is 6.61 Å². The Morgan fingerprint density at radius 2 is 1.80 bits per heavy atom. The summed E-state index contributed by atoms with van der Waals surface area (Å²) in [7, 11) is 1.26. The van der Waals surface area contributed by atoms with Crippen LogP contribution in [0, 0.1) is 0 Å². The standard InChI is InChI=1S/C18H15N3O4/c1-24-17(22)15-13(7-8-14-16(15)20-10-9-19-14)21-18(23)25-11-12-5-3-2-4-6-12/h2-10H,11H2,1H3,(H,21,23). The number of methoxy groups -OCH3 is 1. The van der Waals surface area contributed by atoms with Crippen molar-refractivity contribution < 1.29 is 19.1 Å². The van der Waals surface area contributed by atoms with Gasteiger partial charge < -0.3 is 9.47 Å². The Morgan fingerprint density at radius 3 is 2.56 bits per heavy atom. The first-order valence-corrected chi connectivity index (χ1v) is 7.49. The van der Waals surface area contributed by atoms with Crippen LogP contribution in [0.4, 0.5) is 10.5 Å². The molecule has 0 saturated carbocycles. The maximum atomic E-state index is 12.1. The highest BCUT2D eigenvalue weighted by Gasteiger charge is 2.19. The average molecular weight is 337 g/mol. The Bertz CT molecular complexity index is 913. The molecule has 126 valence electrons. The minimum Gasteiger partial charge on any atom is -0.465 e. The van der Waals surface area contributed by atoms with Crippen LogP contribution in [0.3, 0.4) is 0 Å². The van der Waals surface area contributed by atoms with Gasteiger partial charge in [-0.1, -0.05) is 30.3 Å². The van der Waals surface area contributed by atoms with E-state index in [9.17, 15) is 9.59 Å². The number of esters is 1. The van der Waals surface area contributed by atoms with Crippen molar-refractivity contribution in [1.82, 2.24) is 9.97 Å². The lowest BCUT2D eigenvalue weighted by molar-refractivity contribution is 0.0604. The Hall–Kier alpha value is -3.48. The lowest BCUT2D eigenvalue weighted by atomic mass is 10.1. The fourth-order valence-corrected chi connectivity index (χ4v) is 2.32. The molecule has 1 heterocycles. The number of nitrogens with one attached hydrogen (secondary N) is 1. The van der Waals surface area contributed by atoms with E-state index in [0.717, 1.165) is 5.56 Å². The van der Waals surface area contributed by atoms with E-state index in [4.69, 9.17) is 9.47 Å². The quantitative estimate of drug-likeness (QED) is 0.735. The van der Waals surface area contributed by atoms with E-state index >= 15 is 0 Å². The summed E-state index contributed by atoms with van der Waals surface area (Å²) in [4.78, 5) is 32.5. The van der Waals surface area contributed by atoms with Crippen molar-refractivity contribution in [1.29, 1.82) is 0 Å². The smallest absolute Gasteiger partial charge is 0.411 e. The number of carbonyl (C=O) groups is 2. The minimum atomic E-state index is -0.683. The van der Waals surface area contributed by atoms with Gasteiger partial charge in [-0.25, -0.2) is 9.59 Å². The number of rotatable bonds is 4. The van der Waals surface area contributed by atoms with Crippen LogP contribution in [0.25, 0.3) is 11.0 Å². The van der Waals surface area contributed by atoms with Crippen LogP contribution in [0.2, 0.25) is 0 Å². The number of anilines is 1. The van der Waals surface area contributed by atoms with Crippen molar-refractivity contribution in [2.75, 3.05) is 12.4 Å². The third kappa shape index (κ3) is 3.72. The predicted molar refractivity (Wildman–Crippen MR) is 91.1 cm³/mol. The molecule has 0 unspecified atom stereocenters. The lowest BCUT2D eigenvalue weighted by Gasteiger charge is -2.12. The molecule has 1 aromatic heterocycles. The van der Waals surface area contributed by atoms with Crippen LogP contribution >= 0.6 is 0 Å². The van der Waals surface area contributed by atoms with Gasteiger partial charge in [-0.2, -0.15) is 0 Å². The molecular formula is C18H15N3O4. The first-order chi connectivity index (χ1) is 12.2. The Kier molecular flexibility index (Phi) is 4.84. The number of benzene rings is 2. The second kappa shape index (κ2) is 7.39. The molecule has 0 bridgehead atoms. The van der Waals surface area contributed by atoms with E-state index in [1.165, 1.54) is 19.5 Å². The number of hydrogen-bond acceptors (Lipinski definition) is 6. The van der Waals surface area contributed by atoms with Gasteiger partial charge in [-0.3, -0.25) is 15.3 Å². The molecule has 2 aromatic carbocycles. The van der Waals surface area contributed by atoms with Crippen molar-refractivity contribution in [3.8, 4) is 0 Å². The zero-order valence-electron chi connectivity index (χ0n) is 13.4. The molecule has 0 radical (unpaired) electrons. The monoisotopic (exact) mass is 337 g/mol. The van der Waals surface area contributed by atoms with Crippen molar-refractivity contribution in [3.05, 3.63) is 66.0 Å². The van der Waals surface area contributed by atoms with E-state index in [-0.39, 0.29) is 17.9 Å². The summed E-state index contributed by atoms with van der Waals surface area (Å²) < 4.78 is 9.97. The molecule has 3 rings (SSSR count). The molecule has 1 amide bonds. The molecule has 0 atom stereocenters. The number of nitrogens with zero attached hydrogens (tertiary/aromatic N) is 2. The van der Waals surface area contributed by atoms with Gasteiger partial charge >= 0.3 is 12.1 Å². The second-order valence-corrected chi connectivity index (χ2v) is 5.09. The molecule has 25 heavy (non-hydrogen) atoms. The topological polar surface area (TPSA) is 90.4 Å². The van der Waals surface area contributed by atoms with Crippen LogP contribution in [0.15, 0.2) is 54.9 Å². The Morgan fingerprint density at radius 1 is 1.04 bits per heavy atom. The van der Waals surface area contributed by atoms with Crippen LogP contribution in [0.1, 0.15) is 15.9 Å². The summed E-state index contributed by atoms with van der Waals surface area (Å²) in [5, 5.41) is 2.56. The number of ether oxygens (including phenoxy) is 2. The largest absolute Gasteiger partial charge is 0.465 e. The highest BCUT2D eigenvalue weighted by Crippen LogP contribution is 2.24. The van der Waals surface area contributed by atoms with Gasteiger partial charge in [0.15, 0.2) is 0 Å². The zero-order valence-corrected chi connectivity index (χ0v) is 13.4. The maximum Gasteiger partial charge on any atom is 0.411 e. The van der Waals surface area contributed by atoms with E-state index in [0.29, 0.717) is 11.0 Å². The number of carbonyl (C=O) groups excluding carboxylic acids is 2. The summed E-state index contributed by atoms with van der Waals surface area (Å²) >= 11 is 0. The van der Waals surface area contributed by atoms with Crippen LogP contribution in [0.5, 0.6) is 0 Å². The van der Waals surface area contributed by atoms with E-state index in [1.807, 2.05) is 30.3 Å². The zero-order chi connectivity index (χ0) is 17.6. The van der Waals surface area contributed by atoms with E-state index in [2.05, 4.69) is 15.3 Å². The maximum absolute atomic E-state index is 12.1. The van der Waals surface area contributed by atoms with Gasteiger partial charge in [0, 0.05) is 12.4 Å². The number of fused-ring (bicyclic) bond motifs is 1. The average Bonchev–Trinajstić information content (AvgIpc) is 2.66. The van der Waals surface area contributed by atoms with Gasteiger partial charge in [0.2, 0.25) is 0 Å². The summed E-state index contributed by atoms with van der Waals surface area (Å²) in [5.74, 6) is -0.621. The van der Waals surface area contributed by atoms with Gasteiger partial charge in [-0.15, -0.1) is 0 Å². The highest BCUT2D eigenvalue weighted by atomic mass is 16.5. The molecule has 3 aromatic rings. The first-order valence-electron chi connectivity index (χ1n) is 7.49. The van der Waals surface area contributed by atoms with Crippen LogP contribution in [-0.4, -0.2) is 29.1 Å². The molecule has 0 aliphatic carbocycles. The highest BCUT2D eigenvalue weighted by molar-refractivity contribution is 6.09. The molecule has 7 heteroatoms. The van der Waals surface area contributed by atoms with Gasteiger partial charge in [0.25, 0.3) is 0 Å². The summed E-state index contributed by atoms with van der Waals surface area (Å²) in [6.07, 6.45) is 2.30. The molecule has 0 saturated heterocycles. The second-order valence-electron chi connectivity index (χ2n) is 5.09. The molecular weight excluding hydrogens is 322 g/mol. The number of hydrogen-bond donors (Lipinski definition) is 1. The van der Waals surface area contributed by atoms with E-state index < -0.39 is 12.1 Å². The van der Waals surface area contributed by atoms with Gasteiger partial charge in [0.05, 0.1) is 18.3 Å². The third-order valence-electron chi connectivity index (χ3n) is 3.48. The summed E-state index contributed by atoms with van der Waals surface area (Å²) in [5.41, 5.74) is 2.10. The minimum absolute atomic E-state index is 0.119. The van der Waals surface area contributed by atoms with Crippen molar-refractivity contribution in [3.63, 3.8) is 0 Å². The molecule has 0 aliphatic heterocycles. The first kappa shape index (κ1) is 16.4. The van der Waals surface area contributed by atoms with Crippen molar-refractivity contribution >= 4 is 28.8 Å². The predicted octanol–water partition coefficient (Wildman–Crippen LogP) is 3.17. The molecule has 1 N–H and O–H groups in total. The number of aromatic nitrogens is 2. The third-order valence-corrected chi connectivity index (χ3v) is 3.48. The molecule has 7 nitrogen and oxygen atoms in total. The van der Waals surface area contributed by atoms with E-state index in [1.54, 1.807) is 12.1 Å². The molecule has 0 fully saturated rings. The fourth-order valence-electron chi connectivity index (χ4n) is 2.32.